The van der Waals surface area contributed by atoms with Crippen LogP contribution in [0.15, 0.2) is 52.3 Å². The molecule has 4 rings (SSSR count). The molecule has 34 heavy (non-hydrogen) atoms. The Kier molecular flexibility index (Phi) is 6.65. The number of benzene rings is 2. The number of hydrogen-bond donors (Lipinski definition) is 1. The summed E-state index contributed by atoms with van der Waals surface area (Å²) in [6.45, 7) is 4.36. The smallest absolute Gasteiger partial charge is 0.446 e. The van der Waals surface area contributed by atoms with Gasteiger partial charge >= 0.3 is 11.5 Å². The van der Waals surface area contributed by atoms with Crippen LogP contribution in [0.2, 0.25) is 0 Å². The molecule has 6 nitrogen and oxygen atoms in total. The van der Waals surface area contributed by atoms with Crippen LogP contribution in [-0.4, -0.2) is 54.5 Å². The van der Waals surface area contributed by atoms with Gasteiger partial charge in [-0.05, 0) is 79.9 Å². The van der Waals surface area contributed by atoms with Crippen LogP contribution in [0.1, 0.15) is 25.0 Å². The third kappa shape index (κ3) is 4.92. The number of carboxylic acids is 1. The SMILES string of the molecule is C[C@@H]1CN(c2ccc(SC(F)(F)F)cc2)C[C@H](C)N1S(=O)(=O)c1cccc2c1CC(C(=O)O)C2. The lowest BCUT2D eigenvalue weighted by molar-refractivity contribution is -0.141. The molecule has 0 aromatic heterocycles. The van der Waals surface area contributed by atoms with Gasteiger partial charge in [0.15, 0.2) is 0 Å². The van der Waals surface area contributed by atoms with Crippen molar-refractivity contribution in [2.75, 3.05) is 18.0 Å². The van der Waals surface area contributed by atoms with Gasteiger partial charge in [0.1, 0.15) is 0 Å². The lowest BCUT2D eigenvalue weighted by Crippen LogP contribution is -2.58. The van der Waals surface area contributed by atoms with Crippen LogP contribution in [0.25, 0.3) is 0 Å². The summed E-state index contributed by atoms with van der Waals surface area (Å²) in [4.78, 5) is 13.7. The number of fused-ring (bicyclic) bond motifs is 1. The maximum atomic E-state index is 13.7. The summed E-state index contributed by atoms with van der Waals surface area (Å²) in [5.41, 5.74) is -2.29. The molecular weight excluding hydrogens is 489 g/mol. The Morgan fingerprint density at radius 1 is 1.03 bits per heavy atom. The van der Waals surface area contributed by atoms with Crippen molar-refractivity contribution in [1.82, 2.24) is 4.31 Å². The molecule has 0 saturated carbocycles. The van der Waals surface area contributed by atoms with Gasteiger partial charge in [-0.1, -0.05) is 12.1 Å². The van der Waals surface area contributed by atoms with E-state index in [0.717, 1.165) is 11.3 Å². The van der Waals surface area contributed by atoms with Gasteiger partial charge in [-0.25, -0.2) is 8.42 Å². The Bertz CT molecular complexity index is 1170. The molecule has 0 radical (unpaired) electrons. The second-order valence-corrected chi connectivity index (χ2v) is 11.8. The van der Waals surface area contributed by atoms with Crippen molar-refractivity contribution in [2.45, 2.75) is 54.1 Å². The number of alkyl halides is 3. The van der Waals surface area contributed by atoms with Gasteiger partial charge in [0.05, 0.1) is 10.8 Å². The highest BCUT2D eigenvalue weighted by molar-refractivity contribution is 8.00. The molecule has 2 aromatic carbocycles. The molecule has 0 amide bonds. The van der Waals surface area contributed by atoms with E-state index >= 15 is 0 Å². The summed E-state index contributed by atoms with van der Waals surface area (Å²) in [5.74, 6) is -1.56. The first-order valence-electron chi connectivity index (χ1n) is 10.8. The van der Waals surface area contributed by atoms with Crippen molar-refractivity contribution in [3.63, 3.8) is 0 Å². The van der Waals surface area contributed by atoms with Crippen molar-refractivity contribution in [3.8, 4) is 0 Å². The van der Waals surface area contributed by atoms with Crippen molar-refractivity contribution < 1.29 is 31.5 Å². The lowest BCUT2D eigenvalue weighted by Gasteiger charge is -2.44. The minimum Gasteiger partial charge on any atom is -0.481 e. The van der Waals surface area contributed by atoms with Crippen LogP contribution in [-0.2, 0) is 27.7 Å². The number of halogens is 3. The number of thioether (sulfide) groups is 1. The second kappa shape index (κ2) is 9.09. The van der Waals surface area contributed by atoms with Crippen molar-refractivity contribution in [2.24, 2.45) is 5.92 Å². The molecule has 2 aromatic rings. The molecule has 1 unspecified atom stereocenters. The number of carboxylic acid groups (broad SMARTS) is 1. The van der Waals surface area contributed by atoms with Gasteiger partial charge in [-0.3, -0.25) is 4.79 Å². The fraction of sp³-hybridized carbons (Fsp3) is 0.435. The van der Waals surface area contributed by atoms with Gasteiger partial charge in [-0.2, -0.15) is 17.5 Å². The number of carbonyl (C=O) groups is 1. The quantitative estimate of drug-likeness (QED) is 0.597. The summed E-state index contributed by atoms with van der Waals surface area (Å²) in [5, 5.41) is 9.40. The first-order chi connectivity index (χ1) is 15.9. The number of rotatable bonds is 5. The Hall–Kier alpha value is -2.24. The molecule has 0 bridgehead atoms. The zero-order chi connectivity index (χ0) is 24.8. The highest BCUT2D eigenvalue weighted by Crippen LogP contribution is 2.38. The van der Waals surface area contributed by atoms with E-state index in [0.29, 0.717) is 25.1 Å². The predicted octanol–water partition coefficient (Wildman–Crippen LogP) is 4.39. The average molecular weight is 515 g/mol. The topological polar surface area (TPSA) is 77.9 Å². The van der Waals surface area contributed by atoms with E-state index in [9.17, 15) is 31.5 Å². The van der Waals surface area contributed by atoms with Gasteiger partial charge in [0.25, 0.3) is 0 Å². The Morgan fingerprint density at radius 2 is 1.65 bits per heavy atom. The maximum Gasteiger partial charge on any atom is 0.446 e. The molecule has 3 atom stereocenters. The molecule has 2 aliphatic rings. The van der Waals surface area contributed by atoms with Crippen LogP contribution >= 0.6 is 11.8 Å². The first-order valence-corrected chi connectivity index (χ1v) is 13.1. The Morgan fingerprint density at radius 3 is 2.21 bits per heavy atom. The Labute approximate surface area is 200 Å². The number of aliphatic carboxylic acids is 1. The third-order valence-electron chi connectivity index (χ3n) is 6.33. The molecule has 11 heteroatoms. The minimum atomic E-state index is -4.35. The van der Waals surface area contributed by atoms with Gasteiger partial charge < -0.3 is 10.0 Å². The van der Waals surface area contributed by atoms with Crippen molar-refractivity contribution in [1.29, 1.82) is 0 Å². The summed E-state index contributed by atoms with van der Waals surface area (Å²) >= 11 is -0.173. The van der Waals surface area contributed by atoms with E-state index < -0.39 is 39.5 Å². The summed E-state index contributed by atoms with van der Waals surface area (Å²) < 4.78 is 66.7. The lowest BCUT2D eigenvalue weighted by atomic mass is 10.1. The monoisotopic (exact) mass is 514 g/mol. The van der Waals surface area contributed by atoms with Crippen LogP contribution in [0, 0.1) is 5.92 Å². The molecule has 1 aliphatic heterocycles. The van der Waals surface area contributed by atoms with Gasteiger partial charge in [0.2, 0.25) is 10.0 Å². The number of sulfonamides is 1. The van der Waals surface area contributed by atoms with Crippen molar-refractivity contribution in [3.05, 3.63) is 53.6 Å². The molecule has 1 saturated heterocycles. The summed E-state index contributed by atoms with van der Waals surface area (Å²) in [6.07, 6.45) is 0.501. The molecule has 0 spiro atoms. The molecule has 184 valence electrons. The van der Waals surface area contributed by atoms with Crippen LogP contribution in [0.3, 0.4) is 0 Å². The van der Waals surface area contributed by atoms with Crippen molar-refractivity contribution >= 4 is 33.4 Å². The van der Waals surface area contributed by atoms with Gasteiger partial charge in [0, 0.05) is 35.8 Å². The van der Waals surface area contributed by atoms with E-state index in [-0.39, 0.29) is 28.0 Å². The molecular formula is C23H25F3N2O4S2. The zero-order valence-electron chi connectivity index (χ0n) is 18.6. The normalized spacial score (nSPS) is 23.7. The van der Waals surface area contributed by atoms with E-state index in [1.165, 1.54) is 16.4 Å². The predicted molar refractivity (Wildman–Crippen MR) is 123 cm³/mol. The second-order valence-electron chi connectivity index (χ2n) is 8.82. The Balaban J connectivity index is 1.55. The minimum absolute atomic E-state index is 0.0937. The highest BCUT2D eigenvalue weighted by Gasteiger charge is 2.41. The zero-order valence-corrected chi connectivity index (χ0v) is 20.3. The first kappa shape index (κ1) is 24.9. The number of anilines is 1. The maximum absolute atomic E-state index is 13.7. The fourth-order valence-electron chi connectivity index (χ4n) is 5.00. The van der Waals surface area contributed by atoms with E-state index in [2.05, 4.69) is 0 Å². The molecule has 1 aliphatic carbocycles. The average Bonchev–Trinajstić information content (AvgIpc) is 3.17. The largest absolute Gasteiger partial charge is 0.481 e. The molecule has 1 fully saturated rings. The number of nitrogens with zero attached hydrogens (tertiary/aromatic N) is 2. The van der Waals surface area contributed by atoms with E-state index in [1.54, 1.807) is 44.2 Å². The fourth-order valence-corrected chi connectivity index (χ4v) is 7.62. The van der Waals surface area contributed by atoms with Crippen LogP contribution < -0.4 is 4.90 Å². The van der Waals surface area contributed by atoms with Crippen LogP contribution in [0.4, 0.5) is 18.9 Å². The number of hydrogen-bond acceptors (Lipinski definition) is 5. The van der Waals surface area contributed by atoms with Gasteiger partial charge in [-0.15, -0.1) is 0 Å². The summed E-state index contributed by atoms with van der Waals surface area (Å²) in [7, 11) is -3.88. The molecule has 1 heterocycles. The third-order valence-corrected chi connectivity index (χ3v) is 9.28. The standard InChI is InChI=1S/C23H25F3N2O4S2/c1-14-12-27(18-6-8-19(9-7-18)33-23(24,25)26)13-15(2)28(14)34(31,32)21-5-3-4-16-10-17(22(29)30)11-20(16)21/h3-9,14-15,17H,10-13H2,1-2H3,(H,29,30)/t14-,15+,17?. The number of piperazine rings is 1. The van der Waals surface area contributed by atoms with E-state index in [4.69, 9.17) is 0 Å². The summed E-state index contributed by atoms with van der Waals surface area (Å²) in [6, 6.07) is 10.3. The van der Waals surface area contributed by atoms with E-state index in [1.807, 2.05) is 4.90 Å². The highest BCUT2D eigenvalue weighted by atomic mass is 32.2. The van der Waals surface area contributed by atoms with Crippen LogP contribution in [0.5, 0.6) is 0 Å². The molecule has 1 N–H and O–H groups in total.